The van der Waals surface area contributed by atoms with E-state index in [1.807, 2.05) is 13.8 Å². The van der Waals surface area contributed by atoms with Gasteiger partial charge in [-0.3, -0.25) is 4.79 Å². The summed E-state index contributed by atoms with van der Waals surface area (Å²) in [6.45, 7) is 8.83. The summed E-state index contributed by atoms with van der Waals surface area (Å²) in [5, 5.41) is 2.65. The number of carbonyl (C=O) groups excluding carboxylic acids is 1. The standard InChI is InChI=1S/C12H19N3O/c1-8(2)12-9(3)11(5-6-13-7-16)14-10(4)15-12/h7-8H,5-6H2,1-4H3,(H,13,16). The second kappa shape index (κ2) is 5.58. The van der Waals surface area contributed by atoms with Gasteiger partial charge < -0.3 is 5.32 Å². The highest BCUT2D eigenvalue weighted by Crippen LogP contribution is 2.19. The van der Waals surface area contributed by atoms with Crippen LogP contribution in [-0.2, 0) is 11.2 Å². The second-order valence-corrected chi connectivity index (χ2v) is 4.20. The third-order valence-corrected chi connectivity index (χ3v) is 2.53. The zero-order chi connectivity index (χ0) is 12.1. The Morgan fingerprint density at radius 3 is 2.56 bits per heavy atom. The maximum atomic E-state index is 10.2. The monoisotopic (exact) mass is 221 g/mol. The number of hydrogen-bond donors (Lipinski definition) is 1. The summed E-state index contributed by atoms with van der Waals surface area (Å²) < 4.78 is 0. The molecule has 0 fully saturated rings. The van der Waals surface area contributed by atoms with E-state index in [-0.39, 0.29) is 0 Å². The lowest BCUT2D eigenvalue weighted by molar-refractivity contribution is -0.109. The van der Waals surface area contributed by atoms with Crippen molar-refractivity contribution in [2.24, 2.45) is 0 Å². The molecule has 4 heteroatoms. The Kier molecular flexibility index (Phi) is 4.40. The summed E-state index contributed by atoms with van der Waals surface area (Å²) in [6, 6.07) is 0. The molecule has 1 rings (SSSR count). The van der Waals surface area contributed by atoms with Gasteiger partial charge in [0.25, 0.3) is 0 Å². The lowest BCUT2D eigenvalue weighted by atomic mass is 10.0. The predicted molar refractivity (Wildman–Crippen MR) is 63.4 cm³/mol. The highest BCUT2D eigenvalue weighted by atomic mass is 16.1. The van der Waals surface area contributed by atoms with Gasteiger partial charge in [-0.25, -0.2) is 9.97 Å². The van der Waals surface area contributed by atoms with Gasteiger partial charge in [-0.15, -0.1) is 0 Å². The predicted octanol–water partition coefficient (Wildman–Crippen LogP) is 1.51. The molecule has 16 heavy (non-hydrogen) atoms. The lowest BCUT2D eigenvalue weighted by Crippen LogP contribution is -2.17. The van der Waals surface area contributed by atoms with Crippen molar-refractivity contribution in [1.82, 2.24) is 15.3 Å². The third-order valence-electron chi connectivity index (χ3n) is 2.53. The van der Waals surface area contributed by atoms with E-state index < -0.39 is 0 Å². The fourth-order valence-corrected chi connectivity index (χ4v) is 1.77. The number of hydrogen-bond acceptors (Lipinski definition) is 3. The Balaban J connectivity index is 2.95. The van der Waals surface area contributed by atoms with Crippen molar-refractivity contribution in [3.05, 3.63) is 22.8 Å². The number of carbonyl (C=O) groups is 1. The number of nitrogens with one attached hydrogen (secondary N) is 1. The third kappa shape index (κ3) is 3.02. The highest BCUT2D eigenvalue weighted by Gasteiger charge is 2.11. The minimum Gasteiger partial charge on any atom is -0.358 e. The first-order chi connectivity index (χ1) is 7.56. The van der Waals surface area contributed by atoms with Crippen LogP contribution in [0.5, 0.6) is 0 Å². The average molecular weight is 221 g/mol. The lowest BCUT2D eigenvalue weighted by Gasteiger charge is -2.13. The van der Waals surface area contributed by atoms with Crippen LogP contribution in [0.15, 0.2) is 0 Å². The molecule has 1 amide bonds. The van der Waals surface area contributed by atoms with Gasteiger partial charge in [-0.2, -0.15) is 0 Å². The summed E-state index contributed by atoms with van der Waals surface area (Å²) in [6.07, 6.45) is 1.47. The summed E-state index contributed by atoms with van der Waals surface area (Å²) in [5.41, 5.74) is 3.28. The number of nitrogens with zero attached hydrogens (tertiary/aromatic N) is 2. The van der Waals surface area contributed by atoms with Crippen molar-refractivity contribution < 1.29 is 4.79 Å². The van der Waals surface area contributed by atoms with Crippen LogP contribution in [-0.4, -0.2) is 22.9 Å². The molecule has 0 radical (unpaired) electrons. The minimum atomic E-state index is 0.402. The zero-order valence-electron chi connectivity index (χ0n) is 10.4. The summed E-state index contributed by atoms with van der Waals surface area (Å²) >= 11 is 0. The molecule has 0 saturated carbocycles. The quantitative estimate of drug-likeness (QED) is 0.605. The van der Waals surface area contributed by atoms with Gasteiger partial charge in [-0.05, 0) is 25.3 Å². The maximum absolute atomic E-state index is 10.2. The van der Waals surface area contributed by atoms with Crippen molar-refractivity contribution in [3.63, 3.8) is 0 Å². The average Bonchev–Trinajstić information content (AvgIpc) is 2.22. The van der Waals surface area contributed by atoms with Crippen LogP contribution in [0.2, 0.25) is 0 Å². The molecule has 4 nitrogen and oxygen atoms in total. The SMILES string of the molecule is Cc1nc(CCNC=O)c(C)c(C(C)C)n1. The molecule has 0 aliphatic rings. The smallest absolute Gasteiger partial charge is 0.207 e. The van der Waals surface area contributed by atoms with Gasteiger partial charge in [0.15, 0.2) is 0 Å². The number of amides is 1. The van der Waals surface area contributed by atoms with Gasteiger partial charge in [0.2, 0.25) is 6.41 Å². The second-order valence-electron chi connectivity index (χ2n) is 4.20. The van der Waals surface area contributed by atoms with Crippen LogP contribution in [0.1, 0.15) is 42.5 Å². The molecule has 1 N–H and O–H groups in total. The van der Waals surface area contributed by atoms with E-state index >= 15 is 0 Å². The van der Waals surface area contributed by atoms with Crippen LogP contribution in [0.25, 0.3) is 0 Å². The number of rotatable bonds is 5. The molecule has 1 aromatic rings. The Labute approximate surface area is 96.5 Å². The molecule has 0 atom stereocenters. The van der Waals surface area contributed by atoms with Crippen LogP contribution in [0.3, 0.4) is 0 Å². The van der Waals surface area contributed by atoms with Crippen molar-refractivity contribution in [1.29, 1.82) is 0 Å². The summed E-state index contributed by atoms with van der Waals surface area (Å²) in [4.78, 5) is 19.1. The van der Waals surface area contributed by atoms with Crippen molar-refractivity contribution in [2.75, 3.05) is 6.54 Å². The van der Waals surface area contributed by atoms with Gasteiger partial charge in [0.1, 0.15) is 5.82 Å². The normalized spacial score (nSPS) is 10.6. The van der Waals surface area contributed by atoms with E-state index in [1.54, 1.807) is 0 Å². The zero-order valence-corrected chi connectivity index (χ0v) is 10.4. The molecular formula is C12H19N3O. The Bertz CT molecular complexity index is 375. The van der Waals surface area contributed by atoms with E-state index in [0.717, 1.165) is 29.2 Å². The number of aromatic nitrogens is 2. The van der Waals surface area contributed by atoms with Crippen molar-refractivity contribution >= 4 is 6.41 Å². The van der Waals surface area contributed by atoms with Crippen LogP contribution >= 0.6 is 0 Å². The first-order valence-corrected chi connectivity index (χ1v) is 5.57. The van der Waals surface area contributed by atoms with Gasteiger partial charge in [0.05, 0.1) is 0 Å². The Hall–Kier alpha value is -1.45. The molecular weight excluding hydrogens is 202 g/mol. The molecule has 0 saturated heterocycles. The van der Waals surface area contributed by atoms with E-state index in [9.17, 15) is 4.79 Å². The largest absolute Gasteiger partial charge is 0.358 e. The first kappa shape index (κ1) is 12.6. The van der Waals surface area contributed by atoms with E-state index in [2.05, 4.69) is 29.1 Å². The maximum Gasteiger partial charge on any atom is 0.207 e. The van der Waals surface area contributed by atoms with Crippen LogP contribution in [0.4, 0.5) is 0 Å². The summed E-state index contributed by atoms with van der Waals surface area (Å²) in [5.74, 6) is 1.20. The van der Waals surface area contributed by atoms with Crippen LogP contribution < -0.4 is 5.32 Å². The van der Waals surface area contributed by atoms with Gasteiger partial charge >= 0.3 is 0 Å². The highest BCUT2D eigenvalue weighted by molar-refractivity contribution is 5.45. The van der Waals surface area contributed by atoms with E-state index in [0.29, 0.717) is 18.9 Å². The molecule has 1 aromatic heterocycles. The fourth-order valence-electron chi connectivity index (χ4n) is 1.77. The molecule has 0 aromatic carbocycles. The van der Waals surface area contributed by atoms with E-state index in [4.69, 9.17) is 0 Å². The van der Waals surface area contributed by atoms with Crippen molar-refractivity contribution in [2.45, 2.75) is 40.0 Å². The Morgan fingerprint density at radius 1 is 1.31 bits per heavy atom. The molecule has 0 spiro atoms. The number of aryl methyl sites for hydroxylation is 1. The topological polar surface area (TPSA) is 54.9 Å². The molecule has 0 aliphatic carbocycles. The van der Waals surface area contributed by atoms with Gasteiger partial charge in [0, 0.05) is 24.4 Å². The van der Waals surface area contributed by atoms with E-state index in [1.165, 1.54) is 0 Å². The fraction of sp³-hybridized carbons (Fsp3) is 0.583. The Morgan fingerprint density at radius 2 is 2.00 bits per heavy atom. The molecule has 0 unspecified atom stereocenters. The van der Waals surface area contributed by atoms with Crippen molar-refractivity contribution in [3.8, 4) is 0 Å². The molecule has 88 valence electrons. The minimum absolute atomic E-state index is 0.402. The molecule has 1 heterocycles. The van der Waals surface area contributed by atoms with Crippen LogP contribution in [0, 0.1) is 13.8 Å². The summed E-state index contributed by atoms with van der Waals surface area (Å²) in [7, 11) is 0. The molecule has 0 bridgehead atoms. The van der Waals surface area contributed by atoms with Gasteiger partial charge in [-0.1, -0.05) is 13.8 Å². The first-order valence-electron chi connectivity index (χ1n) is 5.57. The molecule has 0 aliphatic heterocycles.